The summed E-state index contributed by atoms with van der Waals surface area (Å²) in [5, 5.41) is 2.43. The average molecular weight is 251 g/mol. The van der Waals surface area contributed by atoms with Gasteiger partial charge < -0.3 is 9.47 Å². The zero-order valence-corrected chi connectivity index (χ0v) is 10.3. The molecule has 2 rings (SSSR count). The van der Waals surface area contributed by atoms with Crippen molar-refractivity contribution in [2.45, 2.75) is 0 Å². The van der Waals surface area contributed by atoms with E-state index in [1.807, 2.05) is 0 Å². The number of benzene rings is 1. The zero-order chi connectivity index (χ0) is 13.3. The minimum Gasteiger partial charge on any atom is -0.497 e. The number of aromatic nitrogens is 3. The van der Waals surface area contributed by atoms with E-state index in [0.29, 0.717) is 17.2 Å². The summed E-state index contributed by atoms with van der Waals surface area (Å²) in [5.41, 5.74) is -0.512. The Hall–Kier alpha value is -2.44. The van der Waals surface area contributed by atoms with Gasteiger partial charge in [-0.1, -0.05) is 0 Å². The summed E-state index contributed by atoms with van der Waals surface area (Å²) in [6.07, 6.45) is 0. The van der Waals surface area contributed by atoms with Crippen molar-refractivity contribution in [2.75, 3.05) is 14.2 Å². The van der Waals surface area contributed by atoms with Crippen molar-refractivity contribution in [2.24, 2.45) is 7.05 Å². The molecular weight excluding hydrogens is 238 g/mol. The van der Waals surface area contributed by atoms with E-state index in [9.17, 15) is 9.59 Å². The first-order valence-corrected chi connectivity index (χ1v) is 5.19. The van der Waals surface area contributed by atoms with Crippen molar-refractivity contribution in [3.05, 3.63) is 39.2 Å². The molecule has 0 bridgehead atoms. The van der Waals surface area contributed by atoms with E-state index in [2.05, 4.69) is 5.10 Å². The maximum absolute atomic E-state index is 11.8. The number of ether oxygens (including phenoxy) is 2. The van der Waals surface area contributed by atoms with E-state index >= 15 is 0 Å². The number of nitrogens with zero attached hydrogens (tertiary/aromatic N) is 2. The highest BCUT2D eigenvalue weighted by Gasteiger charge is 2.12. The number of hydrogen-bond acceptors (Lipinski definition) is 4. The van der Waals surface area contributed by atoms with Crippen molar-refractivity contribution >= 4 is 0 Å². The number of nitrogens with one attached hydrogen (secondary N) is 1. The Morgan fingerprint density at radius 1 is 1.17 bits per heavy atom. The molecule has 0 aliphatic rings. The van der Waals surface area contributed by atoms with E-state index in [1.165, 1.54) is 21.3 Å². The van der Waals surface area contributed by atoms with E-state index < -0.39 is 11.4 Å². The van der Waals surface area contributed by atoms with Gasteiger partial charge in [0, 0.05) is 13.1 Å². The number of hydrogen-bond donors (Lipinski definition) is 1. The summed E-state index contributed by atoms with van der Waals surface area (Å²) in [6.45, 7) is 0. The maximum Gasteiger partial charge on any atom is 0.351 e. The van der Waals surface area contributed by atoms with Crippen molar-refractivity contribution in [1.82, 2.24) is 14.3 Å². The zero-order valence-electron chi connectivity index (χ0n) is 10.3. The van der Waals surface area contributed by atoms with Crippen molar-refractivity contribution in [3.63, 3.8) is 0 Å². The Kier molecular flexibility index (Phi) is 2.97. The lowest BCUT2D eigenvalue weighted by Gasteiger charge is -2.09. The molecule has 0 unspecified atom stereocenters. The molecule has 0 radical (unpaired) electrons. The standard InChI is InChI=1S/C11H13N3O4/c1-13-10(15)12-14(11(13)16)8-5-4-7(17-2)6-9(8)18-3/h4-6H,1-3H3,(H,12,15). The van der Waals surface area contributed by atoms with E-state index in [-0.39, 0.29) is 0 Å². The van der Waals surface area contributed by atoms with Gasteiger partial charge in [0.05, 0.1) is 14.2 Å². The van der Waals surface area contributed by atoms with Crippen LogP contribution in [0.4, 0.5) is 0 Å². The summed E-state index contributed by atoms with van der Waals surface area (Å²) in [6, 6.07) is 4.94. The maximum atomic E-state index is 11.8. The third kappa shape index (κ3) is 1.79. The third-order valence-electron chi connectivity index (χ3n) is 2.62. The topological polar surface area (TPSA) is 78.2 Å². The van der Waals surface area contributed by atoms with Gasteiger partial charge in [-0.15, -0.1) is 0 Å². The van der Waals surface area contributed by atoms with E-state index in [1.54, 1.807) is 18.2 Å². The molecule has 1 N–H and O–H groups in total. The molecule has 96 valence electrons. The molecule has 0 amide bonds. The number of aromatic amines is 1. The average Bonchev–Trinajstić information content (AvgIpc) is 2.65. The molecule has 7 heteroatoms. The fourth-order valence-corrected chi connectivity index (χ4v) is 1.59. The minimum atomic E-state index is -0.488. The summed E-state index contributed by atoms with van der Waals surface area (Å²) >= 11 is 0. The first-order valence-electron chi connectivity index (χ1n) is 5.19. The summed E-state index contributed by atoms with van der Waals surface area (Å²) in [4.78, 5) is 23.2. The Labute approximate surface area is 102 Å². The number of rotatable bonds is 3. The predicted octanol–water partition coefficient (Wildman–Crippen LogP) is -0.119. The monoisotopic (exact) mass is 251 g/mol. The molecule has 0 fully saturated rings. The quantitative estimate of drug-likeness (QED) is 0.825. The van der Waals surface area contributed by atoms with E-state index in [4.69, 9.17) is 9.47 Å². The lowest BCUT2D eigenvalue weighted by molar-refractivity contribution is 0.392. The van der Waals surface area contributed by atoms with Crippen molar-refractivity contribution < 1.29 is 9.47 Å². The van der Waals surface area contributed by atoms with Gasteiger partial charge in [0.15, 0.2) is 0 Å². The van der Waals surface area contributed by atoms with Gasteiger partial charge in [-0.3, -0.25) is 0 Å². The lowest BCUT2D eigenvalue weighted by Crippen LogP contribution is -2.25. The summed E-state index contributed by atoms with van der Waals surface area (Å²) in [7, 11) is 4.41. The Bertz CT molecular complexity index is 680. The summed E-state index contributed by atoms with van der Waals surface area (Å²) in [5.74, 6) is 1.03. The van der Waals surface area contributed by atoms with Gasteiger partial charge in [0.25, 0.3) is 0 Å². The molecule has 1 aromatic carbocycles. The predicted molar refractivity (Wildman–Crippen MR) is 64.7 cm³/mol. The van der Waals surface area contributed by atoms with Crippen LogP contribution in [0.5, 0.6) is 11.5 Å². The molecule has 7 nitrogen and oxygen atoms in total. The Morgan fingerprint density at radius 3 is 2.39 bits per heavy atom. The van der Waals surface area contributed by atoms with Crippen LogP contribution < -0.4 is 20.9 Å². The fourth-order valence-electron chi connectivity index (χ4n) is 1.59. The van der Waals surface area contributed by atoms with E-state index in [0.717, 1.165) is 9.25 Å². The van der Waals surface area contributed by atoms with Gasteiger partial charge in [-0.25, -0.2) is 19.3 Å². The van der Waals surface area contributed by atoms with Gasteiger partial charge >= 0.3 is 11.4 Å². The van der Waals surface area contributed by atoms with Crippen LogP contribution in [0.3, 0.4) is 0 Å². The van der Waals surface area contributed by atoms with Gasteiger partial charge in [0.1, 0.15) is 17.2 Å². The largest absolute Gasteiger partial charge is 0.497 e. The molecule has 2 aromatic rings. The highest BCUT2D eigenvalue weighted by atomic mass is 16.5. The summed E-state index contributed by atoms with van der Waals surface area (Å²) < 4.78 is 12.3. The van der Waals surface area contributed by atoms with Gasteiger partial charge in [0.2, 0.25) is 0 Å². The smallest absolute Gasteiger partial charge is 0.351 e. The Morgan fingerprint density at radius 2 is 1.89 bits per heavy atom. The van der Waals surface area contributed by atoms with Crippen LogP contribution in [-0.4, -0.2) is 28.6 Å². The molecule has 0 aliphatic heterocycles. The lowest BCUT2D eigenvalue weighted by atomic mass is 10.3. The second kappa shape index (κ2) is 4.44. The van der Waals surface area contributed by atoms with Crippen LogP contribution >= 0.6 is 0 Å². The fraction of sp³-hybridized carbons (Fsp3) is 0.273. The number of methoxy groups -OCH3 is 2. The Balaban J connectivity index is 2.67. The first kappa shape index (κ1) is 12.0. The molecule has 0 aliphatic carbocycles. The van der Waals surface area contributed by atoms with Gasteiger partial charge in [-0.2, -0.15) is 4.68 Å². The SMILES string of the molecule is COc1ccc(-n2[nH]c(=O)n(C)c2=O)c(OC)c1. The van der Waals surface area contributed by atoms with Crippen LogP contribution in [0, 0.1) is 0 Å². The minimum absolute atomic E-state index is 0.429. The highest BCUT2D eigenvalue weighted by molar-refractivity contribution is 5.50. The molecule has 0 saturated carbocycles. The van der Waals surface area contributed by atoms with Crippen molar-refractivity contribution in [1.29, 1.82) is 0 Å². The highest BCUT2D eigenvalue weighted by Crippen LogP contribution is 2.26. The van der Waals surface area contributed by atoms with Gasteiger partial charge in [-0.05, 0) is 12.1 Å². The van der Waals surface area contributed by atoms with Crippen molar-refractivity contribution in [3.8, 4) is 17.2 Å². The molecule has 1 aromatic heterocycles. The van der Waals surface area contributed by atoms with Crippen LogP contribution in [0.25, 0.3) is 5.69 Å². The molecule has 0 atom stereocenters. The third-order valence-corrected chi connectivity index (χ3v) is 2.62. The normalized spacial score (nSPS) is 10.4. The van der Waals surface area contributed by atoms with Crippen LogP contribution in [0.1, 0.15) is 0 Å². The molecule has 0 saturated heterocycles. The number of H-pyrrole nitrogens is 1. The second-order valence-corrected chi connectivity index (χ2v) is 3.63. The molecule has 0 spiro atoms. The van der Waals surface area contributed by atoms with Crippen LogP contribution in [0.2, 0.25) is 0 Å². The second-order valence-electron chi connectivity index (χ2n) is 3.63. The molecular formula is C11H13N3O4. The molecule has 1 heterocycles. The first-order chi connectivity index (χ1) is 8.58. The van der Waals surface area contributed by atoms with Crippen LogP contribution in [0.15, 0.2) is 27.8 Å². The van der Waals surface area contributed by atoms with Crippen LogP contribution in [-0.2, 0) is 7.05 Å². The molecule has 18 heavy (non-hydrogen) atoms.